The number of hydrogen-bond donors (Lipinski definition) is 1. The van der Waals surface area contributed by atoms with Crippen molar-refractivity contribution in [3.05, 3.63) is 95.6 Å². The van der Waals surface area contributed by atoms with Gasteiger partial charge in [-0.3, -0.25) is 4.72 Å². The second-order valence-corrected chi connectivity index (χ2v) is 7.44. The van der Waals surface area contributed by atoms with Gasteiger partial charge in [-0.2, -0.15) is 0 Å². The molecular formula is C22H17NO4S. The second-order valence-electron chi connectivity index (χ2n) is 5.79. The van der Waals surface area contributed by atoms with Crippen molar-refractivity contribution in [3.8, 4) is 11.8 Å². The quantitative estimate of drug-likeness (QED) is 0.544. The molecule has 0 aliphatic heterocycles. The molecule has 3 aromatic carbocycles. The second kappa shape index (κ2) is 8.42. The van der Waals surface area contributed by atoms with E-state index >= 15 is 0 Å². The molecule has 28 heavy (non-hydrogen) atoms. The number of rotatable bonds is 4. The number of methoxy groups -OCH3 is 1. The van der Waals surface area contributed by atoms with E-state index in [0.717, 1.165) is 11.1 Å². The standard InChI is InChI=1S/C22H17NO4S/c1-27-22(24)20-9-5-6-10-21(20)28(25,26)23-19-15-13-18(14-16-19)12-11-17-7-3-2-4-8-17/h2-10,13-16,23H,1H3. The Morgan fingerprint density at radius 1 is 0.821 bits per heavy atom. The van der Waals surface area contributed by atoms with Crippen LogP contribution in [0.15, 0.2) is 83.8 Å². The highest BCUT2D eigenvalue weighted by molar-refractivity contribution is 7.92. The normalized spacial score (nSPS) is 10.5. The summed E-state index contributed by atoms with van der Waals surface area (Å²) in [5.41, 5.74) is 1.99. The molecule has 0 spiro atoms. The Bertz CT molecular complexity index is 1140. The fourth-order valence-corrected chi connectivity index (χ4v) is 3.73. The zero-order valence-electron chi connectivity index (χ0n) is 15.0. The summed E-state index contributed by atoms with van der Waals surface area (Å²) >= 11 is 0. The zero-order chi connectivity index (χ0) is 20.0. The lowest BCUT2D eigenvalue weighted by Crippen LogP contribution is -2.17. The van der Waals surface area contributed by atoms with Crippen LogP contribution in [-0.4, -0.2) is 21.5 Å². The van der Waals surface area contributed by atoms with Gasteiger partial charge >= 0.3 is 5.97 Å². The minimum atomic E-state index is -3.95. The Morgan fingerprint density at radius 2 is 1.39 bits per heavy atom. The summed E-state index contributed by atoms with van der Waals surface area (Å²) in [6.45, 7) is 0. The fourth-order valence-electron chi connectivity index (χ4n) is 2.48. The van der Waals surface area contributed by atoms with Crippen molar-refractivity contribution in [1.29, 1.82) is 0 Å². The van der Waals surface area contributed by atoms with Crippen molar-refractivity contribution in [2.75, 3.05) is 11.8 Å². The number of esters is 1. The van der Waals surface area contributed by atoms with Crippen LogP contribution in [0.25, 0.3) is 0 Å². The van der Waals surface area contributed by atoms with E-state index in [-0.39, 0.29) is 10.5 Å². The van der Waals surface area contributed by atoms with Crippen LogP contribution in [-0.2, 0) is 14.8 Å². The van der Waals surface area contributed by atoms with E-state index in [1.807, 2.05) is 30.3 Å². The number of carbonyl (C=O) groups excluding carboxylic acids is 1. The van der Waals surface area contributed by atoms with Crippen molar-refractivity contribution in [1.82, 2.24) is 0 Å². The largest absolute Gasteiger partial charge is 0.465 e. The molecule has 6 heteroatoms. The average molecular weight is 391 g/mol. The average Bonchev–Trinajstić information content (AvgIpc) is 2.73. The minimum absolute atomic E-state index is 0.0251. The molecule has 0 bridgehead atoms. The molecule has 3 rings (SSSR count). The third-order valence-electron chi connectivity index (χ3n) is 3.84. The summed E-state index contributed by atoms with van der Waals surface area (Å²) in [5.74, 6) is 5.35. The number of anilines is 1. The smallest absolute Gasteiger partial charge is 0.339 e. The Kier molecular flexibility index (Phi) is 5.78. The molecule has 0 saturated carbocycles. The molecule has 0 heterocycles. The molecular weight excluding hydrogens is 374 g/mol. The van der Waals surface area contributed by atoms with E-state index in [1.54, 1.807) is 36.4 Å². The molecule has 3 aromatic rings. The lowest BCUT2D eigenvalue weighted by Gasteiger charge is -2.11. The third-order valence-corrected chi connectivity index (χ3v) is 5.28. The first-order chi connectivity index (χ1) is 13.5. The maximum Gasteiger partial charge on any atom is 0.339 e. The van der Waals surface area contributed by atoms with Gasteiger partial charge < -0.3 is 4.74 Å². The molecule has 1 N–H and O–H groups in total. The van der Waals surface area contributed by atoms with E-state index in [0.29, 0.717) is 5.69 Å². The van der Waals surface area contributed by atoms with E-state index in [4.69, 9.17) is 0 Å². The first kappa shape index (κ1) is 19.2. The van der Waals surface area contributed by atoms with Crippen molar-refractivity contribution < 1.29 is 17.9 Å². The molecule has 5 nitrogen and oxygen atoms in total. The molecule has 0 aliphatic carbocycles. The van der Waals surface area contributed by atoms with Gasteiger partial charge in [0.1, 0.15) is 4.90 Å². The van der Waals surface area contributed by atoms with Gasteiger partial charge in [0.2, 0.25) is 0 Å². The molecule has 0 aliphatic rings. The SMILES string of the molecule is COC(=O)c1ccccc1S(=O)(=O)Nc1ccc(C#Cc2ccccc2)cc1. The Labute approximate surface area is 164 Å². The van der Waals surface area contributed by atoms with Gasteiger partial charge in [-0.05, 0) is 48.5 Å². The Hall–Kier alpha value is -3.56. The number of hydrogen-bond acceptors (Lipinski definition) is 4. The maximum atomic E-state index is 12.7. The molecule has 0 radical (unpaired) electrons. The van der Waals surface area contributed by atoms with Gasteiger partial charge in [0.25, 0.3) is 10.0 Å². The number of nitrogens with one attached hydrogen (secondary N) is 1. The predicted molar refractivity (Wildman–Crippen MR) is 107 cm³/mol. The summed E-state index contributed by atoms with van der Waals surface area (Å²) in [5, 5.41) is 0. The molecule has 0 atom stereocenters. The highest BCUT2D eigenvalue weighted by Gasteiger charge is 2.22. The summed E-state index contributed by atoms with van der Waals surface area (Å²) in [4.78, 5) is 11.7. The van der Waals surface area contributed by atoms with Crippen LogP contribution < -0.4 is 4.72 Å². The molecule has 140 valence electrons. The van der Waals surface area contributed by atoms with Gasteiger partial charge in [-0.25, -0.2) is 13.2 Å². The number of sulfonamides is 1. The van der Waals surface area contributed by atoms with Crippen molar-refractivity contribution in [2.24, 2.45) is 0 Å². The maximum absolute atomic E-state index is 12.7. The minimum Gasteiger partial charge on any atom is -0.465 e. The van der Waals surface area contributed by atoms with E-state index in [1.165, 1.54) is 19.2 Å². The van der Waals surface area contributed by atoms with Crippen LogP contribution in [0.1, 0.15) is 21.5 Å². The highest BCUT2D eigenvalue weighted by Crippen LogP contribution is 2.20. The van der Waals surface area contributed by atoms with Gasteiger partial charge in [0.15, 0.2) is 0 Å². The highest BCUT2D eigenvalue weighted by atomic mass is 32.2. The van der Waals surface area contributed by atoms with Crippen LogP contribution in [0.5, 0.6) is 0 Å². The summed E-state index contributed by atoms with van der Waals surface area (Å²) in [6.07, 6.45) is 0. The topological polar surface area (TPSA) is 72.5 Å². The Balaban J connectivity index is 1.81. The van der Waals surface area contributed by atoms with Crippen LogP contribution >= 0.6 is 0 Å². The predicted octanol–water partition coefficient (Wildman–Crippen LogP) is 3.67. The van der Waals surface area contributed by atoms with Crippen LogP contribution in [0.3, 0.4) is 0 Å². The monoisotopic (exact) mass is 391 g/mol. The summed E-state index contributed by atoms with van der Waals surface area (Å²) in [6, 6.07) is 22.1. The van der Waals surface area contributed by atoms with Crippen LogP contribution in [0.2, 0.25) is 0 Å². The zero-order valence-corrected chi connectivity index (χ0v) is 15.9. The van der Waals surface area contributed by atoms with Crippen molar-refractivity contribution >= 4 is 21.7 Å². The molecule has 0 aromatic heterocycles. The van der Waals surface area contributed by atoms with Crippen molar-refractivity contribution in [3.63, 3.8) is 0 Å². The summed E-state index contributed by atoms with van der Waals surface area (Å²) < 4.78 is 32.5. The fraction of sp³-hybridized carbons (Fsp3) is 0.0455. The lowest BCUT2D eigenvalue weighted by molar-refractivity contribution is 0.0596. The number of benzene rings is 3. The van der Waals surface area contributed by atoms with Crippen LogP contribution in [0, 0.1) is 11.8 Å². The number of ether oxygens (including phenoxy) is 1. The third kappa shape index (κ3) is 4.58. The first-order valence-electron chi connectivity index (χ1n) is 8.37. The number of carbonyl (C=O) groups is 1. The van der Waals surface area contributed by atoms with E-state index in [9.17, 15) is 13.2 Å². The van der Waals surface area contributed by atoms with Gasteiger partial charge in [-0.1, -0.05) is 42.2 Å². The molecule has 0 amide bonds. The summed E-state index contributed by atoms with van der Waals surface area (Å²) in [7, 11) is -2.75. The van der Waals surface area contributed by atoms with Gasteiger partial charge in [0.05, 0.1) is 12.7 Å². The molecule has 0 saturated heterocycles. The first-order valence-corrected chi connectivity index (χ1v) is 9.85. The van der Waals surface area contributed by atoms with E-state index < -0.39 is 16.0 Å². The lowest BCUT2D eigenvalue weighted by atomic mass is 10.2. The van der Waals surface area contributed by atoms with Gasteiger partial charge in [0, 0.05) is 16.8 Å². The van der Waals surface area contributed by atoms with Crippen molar-refractivity contribution in [2.45, 2.75) is 4.90 Å². The van der Waals surface area contributed by atoms with Crippen LogP contribution in [0.4, 0.5) is 5.69 Å². The molecule has 0 unspecified atom stereocenters. The molecule has 0 fully saturated rings. The Morgan fingerprint density at radius 3 is 2.04 bits per heavy atom. The van der Waals surface area contributed by atoms with Gasteiger partial charge in [-0.15, -0.1) is 0 Å². The van der Waals surface area contributed by atoms with E-state index in [2.05, 4.69) is 21.3 Å².